The van der Waals surface area contributed by atoms with Crippen molar-refractivity contribution in [3.8, 4) is 22.7 Å². The third-order valence-corrected chi connectivity index (χ3v) is 5.71. The van der Waals surface area contributed by atoms with Gasteiger partial charge in [0.15, 0.2) is 5.16 Å². The molecular weight excluding hydrogens is 383 g/mol. The average Bonchev–Trinajstić information content (AvgIpc) is 3.18. The van der Waals surface area contributed by atoms with Crippen molar-refractivity contribution in [3.63, 3.8) is 0 Å². The Balaban J connectivity index is 1.71. The van der Waals surface area contributed by atoms with Crippen LogP contribution in [0.3, 0.4) is 0 Å². The van der Waals surface area contributed by atoms with Crippen LogP contribution in [0, 0.1) is 12.7 Å². The summed E-state index contributed by atoms with van der Waals surface area (Å²) in [6.45, 7) is 2.08. The average molecular weight is 405 g/mol. The van der Waals surface area contributed by atoms with Crippen LogP contribution in [-0.2, 0) is 5.75 Å². The van der Waals surface area contributed by atoms with E-state index in [1.165, 1.54) is 17.7 Å². The van der Waals surface area contributed by atoms with Crippen molar-refractivity contribution in [2.24, 2.45) is 0 Å². The molecule has 3 aromatic carbocycles. The van der Waals surface area contributed by atoms with Crippen molar-refractivity contribution in [3.05, 3.63) is 95.9 Å². The van der Waals surface area contributed by atoms with Crippen LogP contribution in [-0.4, -0.2) is 16.7 Å². The summed E-state index contributed by atoms with van der Waals surface area (Å²) in [5.74, 6) is 1.31. The van der Waals surface area contributed by atoms with E-state index in [-0.39, 0.29) is 5.82 Å². The Kier molecular flexibility index (Phi) is 5.67. The van der Waals surface area contributed by atoms with Crippen molar-refractivity contribution in [2.75, 3.05) is 7.11 Å². The molecule has 0 unspecified atom stereocenters. The van der Waals surface area contributed by atoms with E-state index >= 15 is 0 Å². The lowest BCUT2D eigenvalue weighted by Crippen LogP contribution is -1.99. The molecule has 0 N–H and O–H groups in total. The Morgan fingerprint density at radius 1 is 0.931 bits per heavy atom. The summed E-state index contributed by atoms with van der Waals surface area (Å²) >= 11 is 1.63. The molecule has 0 fully saturated rings. The Morgan fingerprint density at radius 2 is 1.62 bits per heavy atom. The van der Waals surface area contributed by atoms with Crippen LogP contribution >= 0.6 is 11.8 Å². The van der Waals surface area contributed by atoms with Gasteiger partial charge in [-0.15, -0.1) is 0 Å². The first-order chi connectivity index (χ1) is 14.1. The number of benzene rings is 3. The molecule has 5 heteroatoms. The van der Waals surface area contributed by atoms with Crippen molar-refractivity contribution in [2.45, 2.75) is 17.8 Å². The molecule has 0 aliphatic rings. The third-order valence-electron chi connectivity index (χ3n) is 4.69. The molecule has 146 valence electrons. The van der Waals surface area contributed by atoms with E-state index in [0.29, 0.717) is 5.75 Å². The van der Waals surface area contributed by atoms with E-state index in [1.807, 2.05) is 42.6 Å². The SMILES string of the molecule is COc1ccc(-c2cnc(SCc3ccc(F)cc3)n2-c2ccc(C)cc2)cc1. The summed E-state index contributed by atoms with van der Waals surface area (Å²) in [5, 5.41) is 0.893. The number of hydrogen-bond donors (Lipinski definition) is 0. The number of aromatic nitrogens is 2. The van der Waals surface area contributed by atoms with Gasteiger partial charge < -0.3 is 4.74 Å². The summed E-state index contributed by atoms with van der Waals surface area (Å²) in [6, 6.07) is 23.0. The van der Waals surface area contributed by atoms with Crippen LogP contribution in [0.5, 0.6) is 5.75 Å². The lowest BCUT2D eigenvalue weighted by molar-refractivity contribution is 0.415. The lowest BCUT2D eigenvalue weighted by Gasteiger charge is -2.13. The van der Waals surface area contributed by atoms with Gasteiger partial charge in [-0.1, -0.05) is 41.6 Å². The van der Waals surface area contributed by atoms with Crippen LogP contribution in [0.15, 0.2) is 84.1 Å². The van der Waals surface area contributed by atoms with Crippen LogP contribution in [0.1, 0.15) is 11.1 Å². The molecule has 4 aromatic rings. The summed E-state index contributed by atoms with van der Waals surface area (Å²) in [6.07, 6.45) is 1.90. The first kappa shape index (κ1) is 19.3. The Bertz CT molecular complexity index is 1090. The van der Waals surface area contributed by atoms with Gasteiger partial charge >= 0.3 is 0 Å². The second kappa shape index (κ2) is 8.53. The number of ether oxygens (including phenoxy) is 1. The molecule has 0 aliphatic heterocycles. The fourth-order valence-electron chi connectivity index (χ4n) is 3.07. The largest absolute Gasteiger partial charge is 0.497 e. The maximum atomic E-state index is 13.2. The molecular formula is C24H21FN2OS. The number of rotatable bonds is 6. The molecule has 0 radical (unpaired) electrons. The van der Waals surface area contributed by atoms with Gasteiger partial charge in [-0.25, -0.2) is 9.37 Å². The summed E-state index contributed by atoms with van der Waals surface area (Å²) in [5.41, 5.74) is 5.40. The smallest absolute Gasteiger partial charge is 0.173 e. The molecule has 0 atom stereocenters. The van der Waals surface area contributed by atoms with Crippen LogP contribution in [0.4, 0.5) is 4.39 Å². The molecule has 3 nitrogen and oxygen atoms in total. The molecule has 0 spiro atoms. The van der Waals surface area contributed by atoms with Gasteiger partial charge in [0.1, 0.15) is 11.6 Å². The number of nitrogens with zero attached hydrogens (tertiary/aromatic N) is 2. The van der Waals surface area contributed by atoms with E-state index in [2.05, 4.69) is 40.7 Å². The van der Waals surface area contributed by atoms with Gasteiger partial charge in [0.05, 0.1) is 19.0 Å². The number of halogens is 1. The first-order valence-electron chi connectivity index (χ1n) is 9.30. The molecule has 0 bridgehead atoms. The monoisotopic (exact) mass is 404 g/mol. The number of imidazole rings is 1. The maximum absolute atomic E-state index is 13.2. The number of methoxy groups -OCH3 is 1. The zero-order valence-corrected chi connectivity index (χ0v) is 17.1. The van der Waals surface area contributed by atoms with Gasteiger partial charge in [0.2, 0.25) is 0 Å². The molecule has 0 saturated carbocycles. The van der Waals surface area contributed by atoms with Gasteiger partial charge in [0, 0.05) is 17.0 Å². The lowest BCUT2D eigenvalue weighted by atomic mass is 10.1. The summed E-state index contributed by atoms with van der Waals surface area (Å²) in [4.78, 5) is 4.69. The third kappa shape index (κ3) is 4.35. The zero-order valence-electron chi connectivity index (χ0n) is 16.3. The van der Waals surface area contributed by atoms with E-state index in [1.54, 1.807) is 18.9 Å². The fourth-order valence-corrected chi connectivity index (χ4v) is 4.02. The molecule has 0 aliphatic carbocycles. The van der Waals surface area contributed by atoms with E-state index in [0.717, 1.165) is 33.4 Å². The number of thioether (sulfide) groups is 1. The van der Waals surface area contributed by atoms with Gasteiger partial charge in [-0.05, 0) is 61.0 Å². The van der Waals surface area contributed by atoms with E-state index < -0.39 is 0 Å². The summed E-state index contributed by atoms with van der Waals surface area (Å²) < 4.78 is 20.6. The van der Waals surface area contributed by atoms with Gasteiger partial charge in [-0.2, -0.15) is 0 Å². The van der Waals surface area contributed by atoms with E-state index in [9.17, 15) is 4.39 Å². The van der Waals surface area contributed by atoms with Crippen molar-refractivity contribution in [1.82, 2.24) is 9.55 Å². The second-order valence-electron chi connectivity index (χ2n) is 6.74. The minimum Gasteiger partial charge on any atom is -0.497 e. The quantitative estimate of drug-likeness (QED) is 0.354. The van der Waals surface area contributed by atoms with Crippen LogP contribution < -0.4 is 4.74 Å². The second-order valence-corrected chi connectivity index (χ2v) is 7.68. The Hall–Kier alpha value is -3.05. The predicted octanol–water partition coefficient (Wildman–Crippen LogP) is 6.29. The van der Waals surface area contributed by atoms with Gasteiger partial charge in [0.25, 0.3) is 0 Å². The fraction of sp³-hybridized carbons (Fsp3) is 0.125. The molecule has 1 aromatic heterocycles. The molecule has 1 heterocycles. The highest BCUT2D eigenvalue weighted by molar-refractivity contribution is 7.98. The Labute approximate surface area is 174 Å². The molecule has 29 heavy (non-hydrogen) atoms. The van der Waals surface area contributed by atoms with Crippen molar-refractivity contribution < 1.29 is 9.13 Å². The zero-order chi connectivity index (χ0) is 20.2. The topological polar surface area (TPSA) is 27.1 Å². The molecule has 0 saturated heterocycles. The van der Waals surface area contributed by atoms with Crippen molar-refractivity contribution >= 4 is 11.8 Å². The molecule has 0 amide bonds. The van der Waals surface area contributed by atoms with Crippen LogP contribution in [0.25, 0.3) is 16.9 Å². The number of hydrogen-bond acceptors (Lipinski definition) is 3. The molecule has 4 rings (SSSR count). The normalized spacial score (nSPS) is 10.9. The highest BCUT2D eigenvalue weighted by atomic mass is 32.2. The maximum Gasteiger partial charge on any atom is 0.173 e. The highest BCUT2D eigenvalue weighted by Gasteiger charge is 2.14. The minimum atomic E-state index is -0.221. The predicted molar refractivity (Wildman–Crippen MR) is 116 cm³/mol. The van der Waals surface area contributed by atoms with E-state index in [4.69, 9.17) is 4.74 Å². The first-order valence-corrected chi connectivity index (χ1v) is 10.3. The summed E-state index contributed by atoms with van der Waals surface area (Å²) in [7, 11) is 1.66. The van der Waals surface area contributed by atoms with Gasteiger partial charge in [-0.3, -0.25) is 4.57 Å². The van der Waals surface area contributed by atoms with Crippen molar-refractivity contribution in [1.29, 1.82) is 0 Å². The van der Waals surface area contributed by atoms with Crippen LogP contribution in [0.2, 0.25) is 0 Å². The standard InChI is InChI=1S/C24H21FN2OS/c1-17-3-11-21(12-4-17)27-23(19-7-13-22(28-2)14-8-19)15-26-24(27)29-16-18-5-9-20(25)10-6-18/h3-15H,16H2,1-2H3. The number of aryl methyl sites for hydroxylation is 1. The highest BCUT2D eigenvalue weighted by Crippen LogP contribution is 2.32. The minimum absolute atomic E-state index is 0.221. The Morgan fingerprint density at radius 3 is 2.28 bits per heavy atom.